The average Bonchev–Trinajstić information content (AvgIpc) is 2.54. The zero-order chi connectivity index (χ0) is 12.7. The van der Waals surface area contributed by atoms with Crippen LogP contribution in [-0.2, 0) is 4.74 Å². The number of esters is 1. The molecular weight excluding hydrogens is 228 g/mol. The van der Waals surface area contributed by atoms with Gasteiger partial charge in [-0.25, -0.2) is 9.59 Å². The molecule has 0 amide bonds. The summed E-state index contributed by atoms with van der Waals surface area (Å²) >= 11 is 0. The van der Waals surface area contributed by atoms with E-state index in [0.29, 0.717) is 5.56 Å². The number of benzene rings is 1. The number of carboxylic acid groups (broad SMARTS) is 1. The maximum atomic E-state index is 11.5. The fourth-order valence-corrected chi connectivity index (χ4v) is 1.93. The number of aryl methyl sites for hydroxylation is 1. The van der Waals surface area contributed by atoms with E-state index in [1.807, 2.05) is 0 Å². The van der Waals surface area contributed by atoms with Gasteiger partial charge >= 0.3 is 11.9 Å². The van der Waals surface area contributed by atoms with Gasteiger partial charge in [0.2, 0.25) is 6.29 Å². The standard InChI is InChI=1S/C11H10O6/c1-4-3-5(9(12)13)6-7(8(4)16-2)11(15)17-10(6)14/h3,10,14H,1-2H3,(H,12,13)/t10-/m1/s1. The van der Waals surface area contributed by atoms with Gasteiger partial charge in [-0.2, -0.15) is 0 Å². The minimum atomic E-state index is -1.56. The largest absolute Gasteiger partial charge is 0.496 e. The van der Waals surface area contributed by atoms with Gasteiger partial charge < -0.3 is 19.7 Å². The molecule has 6 nitrogen and oxygen atoms in total. The van der Waals surface area contributed by atoms with E-state index in [1.54, 1.807) is 6.92 Å². The zero-order valence-electron chi connectivity index (χ0n) is 9.18. The molecule has 17 heavy (non-hydrogen) atoms. The molecule has 1 aliphatic heterocycles. The number of carbonyl (C=O) groups is 2. The van der Waals surface area contributed by atoms with Crippen molar-refractivity contribution >= 4 is 11.9 Å². The number of carboxylic acids is 1. The van der Waals surface area contributed by atoms with Gasteiger partial charge in [-0.3, -0.25) is 0 Å². The van der Waals surface area contributed by atoms with Gasteiger partial charge in [0, 0.05) is 0 Å². The topological polar surface area (TPSA) is 93.1 Å². The Morgan fingerprint density at radius 2 is 2.18 bits per heavy atom. The Hall–Kier alpha value is -2.08. The maximum Gasteiger partial charge on any atom is 0.345 e. The number of methoxy groups -OCH3 is 1. The van der Waals surface area contributed by atoms with Gasteiger partial charge in [0.1, 0.15) is 11.3 Å². The predicted molar refractivity (Wildman–Crippen MR) is 55.1 cm³/mol. The normalized spacial score (nSPS) is 17.6. The minimum absolute atomic E-state index is 0.0163. The molecule has 0 bridgehead atoms. The number of fused-ring (bicyclic) bond motifs is 1. The first-order valence-electron chi connectivity index (χ1n) is 4.81. The molecule has 0 saturated heterocycles. The van der Waals surface area contributed by atoms with Crippen LogP contribution in [0.1, 0.15) is 38.1 Å². The SMILES string of the molecule is COc1c(C)cc(C(=O)O)c2c1C(=O)O[C@H]2O. The van der Waals surface area contributed by atoms with E-state index >= 15 is 0 Å². The summed E-state index contributed by atoms with van der Waals surface area (Å²) in [6.45, 7) is 1.61. The van der Waals surface area contributed by atoms with Crippen molar-refractivity contribution in [1.82, 2.24) is 0 Å². The number of carbonyl (C=O) groups excluding carboxylic acids is 1. The predicted octanol–water partition coefficient (Wildman–Crippen LogP) is 0.863. The third-order valence-electron chi connectivity index (χ3n) is 2.61. The van der Waals surface area contributed by atoms with E-state index in [4.69, 9.17) is 9.84 Å². The second-order valence-electron chi connectivity index (χ2n) is 3.63. The fourth-order valence-electron chi connectivity index (χ4n) is 1.93. The van der Waals surface area contributed by atoms with Crippen LogP contribution in [0.3, 0.4) is 0 Å². The average molecular weight is 238 g/mol. The summed E-state index contributed by atoms with van der Waals surface area (Å²) in [5.74, 6) is -1.79. The van der Waals surface area contributed by atoms with E-state index < -0.39 is 18.2 Å². The molecule has 0 fully saturated rings. The highest BCUT2D eigenvalue weighted by Crippen LogP contribution is 2.39. The van der Waals surface area contributed by atoms with Crippen LogP contribution in [-0.4, -0.2) is 29.3 Å². The van der Waals surface area contributed by atoms with E-state index in [-0.39, 0.29) is 22.4 Å². The van der Waals surface area contributed by atoms with Crippen molar-refractivity contribution in [3.63, 3.8) is 0 Å². The summed E-state index contributed by atoms with van der Waals surface area (Å²) in [6, 6.07) is 1.34. The zero-order valence-corrected chi connectivity index (χ0v) is 9.18. The molecule has 0 aromatic heterocycles. The molecule has 0 unspecified atom stereocenters. The fraction of sp³-hybridized carbons (Fsp3) is 0.273. The minimum Gasteiger partial charge on any atom is -0.496 e. The number of rotatable bonds is 2. The highest BCUT2D eigenvalue weighted by Gasteiger charge is 2.38. The number of hydrogen-bond acceptors (Lipinski definition) is 5. The molecule has 6 heteroatoms. The van der Waals surface area contributed by atoms with Crippen LogP contribution in [0.15, 0.2) is 6.07 Å². The molecule has 90 valence electrons. The number of cyclic esters (lactones) is 1. The molecule has 1 atom stereocenters. The number of aliphatic hydroxyl groups is 1. The van der Waals surface area contributed by atoms with Crippen molar-refractivity contribution in [2.45, 2.75) is 13.2 Å². The van der Waals surface area contributed by atoms with Crippen LogP contribution >= 0.6 is 0 Å². The summed E-state index contributed by atoms with van der Waals surface area (Å²) < 4.78 is 9.63. The van der Waals surface area contributed by atoms with Crippen molar-refractivity contribution in [3.05, 3.63) is 28.3 Å². The molecule has 1 aliphatic rings. The number of aromatic carboxylic acids is 1. The number of aliphatic hydroxyl groups excluding tert-OH is 1. The molecule has 1 heterocycles. The number of hydrogen-bond donors (Lipinski definition) is 2. The van der Waals surface area contributed by atoms with Crippen molar-refractivity contribution in [2.24, 2.45) is 0 Å². The molecule has 0 aliphatic carbocycles. The number of ether oxygens (including phenoxy) is 2. The Bertz CT molecular complexity index is 519. The van der Waals surface area contributed by atoms with Crippen molar-refractivity contribution < 1.29 is 29.3 Å². The summed E-state index contributed by atoms with van der Waals surface area (Å²) in [6.07, 6.45) is -1.56. The highest BCUT2D eigenvalue weighted by molar-refractivity contribution is 6.02. The van der Waals surface area contributed by atoms with Crippen molar-refractivity contribution in [2.75, 3.05) is 7.11 Å². The van der Waals surface area contributed by atoms with Crippen molar-refractivity contribution in [3.8, 4) is 5.75 Å². The molecule has 0 saturated carbocycles. The molecule has 2 N–H and O–H groups in total. The first-order chi connectivity index (χ1) is 7.97. The van der Waals surface area contributed by atoms with Crippen LogP contribution in [0.25, 0.3) is 0 Å². The van der Waals surface area contributed by atoms with Crippen LogP contribution in [0.2, 0.25) is 0 Å². The van der Waals surface area contributed by atoms with Gasteiger partial charge in [-0.15, -0.1) is 0 Å². The molecule has 0 spiro atoms. The lowest BCUT2D eigenvalue weighted by Gasteiger charge is -2.11. The molecule has 2 rings (SSSR count). The van der Waals surface area contributed by atoms with Gasteiger partial charge in [-0.05, 0) is 18.6 Å². The Balaban J connectivity index is 2.82. The Labute approximate surface area is 96.4 Å². The smallest absolute Gasteiger partial charge is 0.345 e. The summed E-state index contributed by atoms with van der Waals surface area (Å²) in [4.78, 5) is 22.6. The molecule has 1 aromatic rings. The lowest BCUT2D eigenvalue weighted by atomic mass is 9.97. The van der Waals surface area contributed by atoms with Crippen LogP contribution in [0, 0.1) is 6.92 Å². The quantitative estimate of drug-likeness (QED) is 0.742. The molecule has 0 radical (unpaired) electrons. The third kappa shape index (κ3) is 1.53. The van der Waals surface area contributed by atoms with E-state index in [1.165, 1.54) is 13.2 Å². The Morgan fingerprint density at radius 1 is 1.53 bits per heavy atom. The first kappa shape index (κ1) is 11.4. The highest BCUT2D eigenvalue weighted by atomic mass is 16.6. The van der Waals surface area contributed by atoms with Crippen LogP contribution < -0.4 is 4.74 Å². The van der Waals surface area contributed by atoms with E-state index in [2.05, 4.69) is 4.74 Å². The summed E-state index contributed by atoms with van der Waals surface area (Å²) in [5.41, 5.74) is 0.272. The first-order valence-corrected chi connectivity index (χ1v) is 4.81. The second kappa shape index (κ2) is 3.74. The van der Waals surface area contributed by atoms with E-state index in [9.17, 15) is 14.7 Å². The monoisotopic (exact) mass is 238 g/mol. The van der Waals surface area contributed by atoms with Gasteiger partial charge in [0.25, 0.3) is 0 Å². The third-order valence-corrected chi connectivity index (χ3v) is 2.61. The second-order valence-corrected chi connectivity index (χ2v) is 3.63. The van der Waals surface area contributed by atoms with Gasteiger partial charge in [0.15, 0.2) is 0 Å². The van der Waals surface area contributed by atoms with Gasteiger partial charge in [0.05, 0.1) is 18.2 Å². The summed E-state index contributed by atoms with van der Waals surface area (Å²) in [7, 11) is 1.36. The molecular formula is C11H10O6. The maximum absolute atomic E-state index is 11.5. The Morgan fingerprint density at radius 3 is 2.71 bits per heavy atom. The van der Waals surface area contributed by atoms with Crippen LogP contribution in [0.4, 0.5) is 0 Å². The van der Waals surface area contributed by atoms with Crippen molar-refractivity contribution in [1.29, 1.82) is 0 Å². The van der Waals surface area contributed by atoms with E-state index in [0.717, 1.165) is 0 Å². The molecule has 1 aromatic carbocycles. The van der Waals surface area contributed by atoms with Crippen LogP contribution in [0.5, 0.6) is 5.75 Å². The lowest BCUT2D eigenvalue weighted by Crippen LogP contribution is -2.08. The Kier molecular flexibility index (Phi) is 2.51. The summed E-state index contributed by atoms with van der Waals surface area (Å²) in [5, 5.41) is 18.6. The lowest BCUT2D eigenvalue weighted by molar-refractivity contribution is -0.0552. The van der Waals surface area contributed by atoms with Gasteiger partial charge in [-0.1, -0.05) is 0 Å².